The molecule has 1 fully saturated rings. The van der Waals surface area contributed by atoms with Crippen LogP contribution in [0.15, 0.2) is 30.3 Å². The van der Waals surface area contributed by atoms with Crippen molar-refractivity contribution in [2.45, 2.75) is 33.1 Å². The maximum absolute atomic E-state index is 4.74. The highest BCUT2D eigenvalue weighted by atomic mass is 15.4. The van der Waals surface area contributed by atoms with Gasteiger partial charge >= 0.3 is 0 Å². The number of rotatable bonds is 2. The van der Waals surface area contributed by atoms with Gasteiger partial charge in [-0.25, -0.2) is 4.98 Å². The van der Waals surface area contributed by atoms with Gasteiger partial charge in [0.2, 0.25) is 0 Å². The maximum Gasteiger partial charge on any atom is 0.254 e. The largest absolute Gasteiger partial charge is 0.356 e. The summed E-state index contributed by atoms with van der Waals surface area (Å²) in [5.74, 6) is 2.53. The summed E-state index contributed by atoms with van der Waals surface area (Å²) in [6.45, 7) is 6.27. The number of benzene rings is 1. The second-order valence-corrected chi connectivity index (χ2v) is 6.32. The van der Waals surface area contributed by atoms with Crippen molar-refractivity contribution in [3.63, 3.8) is 0 Å². The van der Waals surface area contributed by atoms with Crippen LogP contribution in [0.2, 0.25) is 0 Å². The number of anilines is 1. The molecular formula is C18H21N5. The van der Waals surface area contributed by atoms with Crippen LogP contribution >= 0.6 is 0 Å². The summed E-state index contributed by atoms with van der Waals surface area (Å²) in [4.78, 5) is 11.6. The van der Waals surface area contributed by atoms with E-state index in [2.05, 4.69) is 46.1 Å². The van der Waals surface area contributed by atoms with Crippen molar-refractivity contribution in [2.75, 3.05) is 18.0 Å². The lowest BCUT2D eigenvalue weighted by atomic mass is 10.1. The van der Waals surface area contributed by atoms with E-state index in [1.165, 1.54) is 24.8 Å². The third-order valence-corrected chi connectivity index (χ3v) is 4.38. The summed E-state index contributed by atoms with van der Waals surface area (Å²) in [6, 6.07) is 10.4. The lowest BCUT2D eigenvalue weighted by Gasteiger charge is -2.28. The summed E-state index contributed by atoms with van der Waals surface area (Å²) in [5.41, 5.74) is 3.24. The van der Waals surface area contributed by atoms with Crippen LogP contribution in [-0.2, 0) is 0 Å². The predicted octanol–water partition coefficient (Wildman–Crippen LogP) is 3.40. The number of aromatic nitrogens is 4. The molecule has 4 rings (SSSR count). The maximum atomic E-state index is 4.74. The monoisotopic (exact) mass is 307 g/mol. The summed E-state index contributed by atoms with van der Waals surface area (Å²) in [6.07, 6.45) is 3.79. The molecule has 5 nitrogen and oxygen atoms in total. The summed E-state index contributed by atoms with van der Waals surface area (Å²) < 4.78 is 1.90. The summed E-state index contributed by atoms with van der Waals surface area (Å²) >= 11 is 0. The zero-order valence-corrected chi connectivity index (χ0v) is 13.7. The molecule has 2 aromatic heterocycles. The first-order valence-electron chi connectivity index (χ1n) is 8.27. The van der Waals surface area contributed by atoms with E-state index in [1.807, 2.05) is 17.5 Å². The van der Waals surface area contributed by atoms with Crippen LogP contribution < -0.4 is 4.90 Å². The number of nitrogens with zero attached hydrogens (tertiary/aromatic N) is 5. The average Bonchev–Trinajstić information content (AvgIpc) is 2.99. The van der Waals surface area contributed by atoms with Crippen LogP contribution in [-0.4, -0.2) is 32.7 Å². The van der Waals surface area contributed by atoms with E-state index in [0.717, 1.165) is 36.0 Å². The van der Waals surface area contributed by atoms with Gasteiger partial charge in [-0.3, -0.25) is 0 Å². The lowest BCUT2D eigenvalue weighted by Crippen LogP contribution is -2.31. The van der Waals surface area contributed by atoms with Gasteiger partial charge in [0, 0.05) is 30.4 Å². The molecule has 0 N–H and O–H groups in total. The Labute approximate surface area is 136 Å². The van der Waals surface area contributed by atoms with Gasteiger partial charge in [0.15, 0.2) is 5.82 Å². The Morgan fingerprint density at radius 2 is 1.78 bits per heavy atom. The first kappa shape index (κ1) is 14.2. The Hall–Kier alpha value is -2.43. The van der Waals surface area contributed by atoms with Crippen molar-refractivity contribution < 1.29 is 0 Å². The average molecular weight is 307 g/mol. The van der Waals surface area contributed by atoms with Gasteiger partial charge in [-0.15, -0.1) is 5.10 Å². The first-order valence-corrected chi connectivity index (χ1v) is 8.27. The third-order valence-electron chi connectivity index (χ3n) is 4.38. The molecule has 0 atom stereocenters. The molecular weight excluding hydrogens is 286 g/mol. The van der Waals surface area contributed by atoms with E-state index < -0.39 is 0 Å². The van der Waals surface area contributed by atoms with E-state index in [1.54, 1.807) is 0 Å². The number of hydrogen-bond donors (Lipinski definition) is 0. The molecule has 1 aliphatic rings. The highest BCUT2D eigenvalue weighted by Gasteiger charge is 2.18. The van der Waals surface area contributed by atoms with Gasteiger partial charge in [0.1, 0.15) is 5.82 Å². The number of fused-ring (bicyclic) bond motifs is 1. The van der Waals surface area contributed by atoms with E-state index in [0.29, 0.717) is 5.78 Å². The van der Waals surface area contributed by atoms with Gasteiger partial charge in [-0.2, -0.15) is 9.50 Å². The van der Waals surface area contributed by atoms with Gasteiger partial charge in [-0.05, 0) is 39.2 Å². The van der Waals surface area contributed by atoms with Crippen molar-refractivity contribution in [3.05, 3.63) is 41.6 Å². The minimum Gasteiger partial charge on any atom is -0.356 e. The lowest BCUT2D eigenvalue weighted by molar-refractivity contribution is 0.568. The fourth-order valence-electron chi connectivity index (χ4n) is 3.22. The van der Waals surface area contributed by atoms with Crippen molar-refractivity contribution in [3.8, 4) is 11.4 Å². The molecule has 0 radical (unpaired) electrons. The van der Waals surface area contributed by atoms with Gasteiger partial charge in [0.25, 0.3) is 5.78 Å². The smallest absolute Gasteiger partial charge is 0.254 e. The van der Waals surface area contributed by atoms with Crippen molar-refractivity contribution in [2.24, 2.45) is 0 Å². The van der Waals surface area contributed by atoms with Crippen molar-refractivity contribution in [1.29, 1.82) is 0 Å². The van der Waals surface area contributed by atoms with E-state index in [9.17, 15) is 0 Å². The normalized spacial score (nSPS) is 15.3. The predicted molar refractivity (Wildman–Crippen MR) is 91.8 cm³/mol. The van der Waals surface area contributed by atoms with E-state index in [-0.39, 0.29) is 0 Å². The van der Waals surface area contributed by atoms with Crippen LogP contribution in [0.1, 0.15) is 30.5 Å². The second-order valence-electron chi connectivity index (χ2n) is 6.32. The first-order chi connectivity index (χ1) is 11.2. The Morgan fingerprint density at radius 1 is 0.957 bits per heavy atom. The van der Waals surface area contributed by atoms with Crippen LogP contribution in [0.4, 0.5) is 5.82 Å². The minimum atomic E-state index is 0.682. The third kappa shape index (κ3) is 2.67. The Kier molecular flexibility index (Phi) is 3.48. The zero-order chi connectivity index (χ0) is 15.8. The highest BCUT2D eigenvalue weighted by molar-refractivity contribution is 5.59. The zero-order valence-electron chi connectivity index (χ0n) is 13.7. The van der Waals surface area contributed by atoms with Crippen molar-refractivity contribution in [1.82, 2.24) is 19.6 Å². The van der Waals surface area contributed by atoms with Crippen LogP contribution in [0, 0.1) is 13.8 Å². The van der Waals surface area contributed by atoms with E-state index >= 15 is 0 Å². The van der Waals surface area contributed by atoms with Gasteiger partial charge in [0.05, 0.1) is 0 Å². The molecule has 118 valence electrons. The molecule has 0 amide bonds. The van der Waals surface area contributed by atoms with Crippen LogP contribution in [0.25, 0.3) is 17.2 Å². The van der Waals surface area contributed by atoms with E-state index in [4.69, 9.17) is 5.10 Å². The SMILES string of the molecule is Cc1cccc(-c2nc3nc(C)cc(N4CCCCC4)n3n2)c1. The number of aryl methyl sites for hydroxylation is 2. The molecule has 0 bridgehead atoms. The molecule has 0 aliphatic carbocycles. The second kappa shape index (κ2) is 5.65. The van der Waals surface area contributed by atoms with Crippen LogP contribution in [0.3, 0.4) is 0 Å². The van der Waals surface area contributed by atoms with Crippen molar-refractivity contribution >= 4 is 11.6 Å². The topological polar surface area (TPSA) is 46.3 Å². The molecule has 1 aromatic carbocycles. The Balaban J connectivity index is 1.84. The molecule has 23 heavy (non-hydrogen) atoms. The Bertz CT molecular complexity index is 846. The highest BCUT2D eigenvalue weighted by Crippen LogP contribution is 2.23. The molecule has 3 heterocycles. The minimum absolute atomic E-state index is 0.682. The van der Waals surface area contributed by atoms with Gasteiger partial charge < -0.3 is 4.90 Å². The quantitative estimate of drug-likeness (QED) is 0.728. The van der Waals surface area contributed by atoms with Gasteiger partial charge in [-0.1, -0.05) is 23.8 Å². The Morgan fingerprint density at radius 3 is 2.57 bits per heavy atom. The summed E-state index contributed by atoms with van der Waals surface area (Å²) in [7, 11) is 0. The molecule has 5 heteroatoms. The fraction of sp³-hybridized carbons (Fsp3) is 0.389. The molecule has 3 aromatic rings. The number of piperidine rings is 1. The standard InChI is InChI=1S/C18H21N5/c1-13-7-6-8-15(11-13)17-20-18-19-14(2)12-16(23(18)21-17)22-9-4-3-5-10-22/h6-8,11-12H,3-5,9-10H2,1-2H3. The molecule has 1 saturated heterocycles. The summed E-state index contributed by atoms with van der Waals surface area (Å²) in [5, 5.41) is 4.74. The fourth-order valence-corrected chi connectivity index (χ4v) is 3.22. The molecule has 1 aliphatic heterocycles. The number of hydrogen-bond acceptors (Lipinski definition) is 4. The molecule has 0 saturated carbocycles. The molecule has 0 unspecified atom stereocenters. The molecule has 0 spiro atoms. The van der Waals surface area contributed by atoms with Crippen LogP contribution in [0.5, 0.6) is 0 Å².